The molecule has 2 N–H and O–H groups in total. The van der Waals surface area contributed by atoms with Crippen LogP contribution in [-0.2, 0) is 4.74 Å². The van der Waals surface area contributed by atoms with Gasteiger partial charge in [0.15, 0.2) is 0 Å². The van der Waals surface area contributed by atoms with Crippen LogP contribution in [0.3, 0.4) is 0 Å². The molecule has 4 heteroatoms. The number of carbonyl (C=O) groups excluding carboxylic acids is 1. The van der Waals surface area contributed by atoms with Crippen LogP contribution in [0.2, 0.25) is 0 Å². The van der Waals surface area contributed by atoms with Crippen LogP contribution < -0.4 is 10.6 Å². The number of hydrogen-bond donors (Lipinski definition) is 2. The Balaban J connectivity index is 1.58. The molecule has 4 nitrogen and oxygen atoms in total. The van der Waals surface area contributed by atoms with Gasteiger partial charge in [-0.05, 0) is 55.4 Å². The molecule has 1 aromatic rings. The zero-order valence-corrected chi connectivity index (χ0v) is 11.2. The fraction of sp³-hybridized carbons (Fsp3) is 0.533. The zero-order chi connectivity index (χ0) is 13.2. The molecule has 1 amide bonds. The van der Waals surface area contributed by atoms with Gasteiger partial charge in [0.25, 0.3) is 0 Å². The maximum Gasteiger partial charge on any atom is 0.411 e. The van der Waals surface area contributed by atoms with Crippen molar-refractivity contribution in [3.63, 3.8) is 0 Å². The first-order valence-electron chi connectivity index (χ1n) is 6.96. The summed E-state index contributed by atoms with van der Waals surface area (Å²) in [5.41, 5.74) is 1.89. The van der Waals surface area contributed by atoms with Gasteiger partial charge in [-0.2, -0.15) is 0 Å². The van der Waals surface area contributed by atoms with Gasteiger partial charge >= 0.3 is 6.09 Å². The lowest BCUT2D eigenvalue weighted by Crippen LogP contribution is -2.25. The van der Waals surface area contributed by atoms with Gasteiger partial charge in [-0.3, -0.25) is 5.32 Å². The van der Waals surface area contributed by atoms with Crippen LogP contribution in [-0.4, -0.2) is 19.2 Å². The molecule has 3 atom stereocenters. The predicted molar refractivity (Wildman–Crippen MR) is 75.3 cm³/mol. The molecule has 2 aliphatic rings. The van der Waals surface area contributed by atoms with E-state index in [1.54, 1.807) is 0 Å². The fourth-order valence-corrected chi connectivity index (χ4v) is 3.45. The minimum absolute atomic E-state index is 0.436. The first kappa shape index (κ1) is 12.3. The highest BCUT2D eigenvalue weighted by atomic mass is 16.5. The standard InChI is InChI=1S/C15H20N2O2/c1-19-15(18)17-13-6-4-12(5-7-13)16-14-9-10-2-3-11(14)8-10/h4-7,10-11,14,16H,2-3,8-9H2,1H3,(H,17,18). The maximum absolute atomic E-state index is 11.1. The smallest absolute Gasteiger partial charge is 0.411 e. The molecular weight excluding hydrogens is 240 g/mol. The summed E-state index contributed by atoms with van der Waals surface area (Å²) in [4.78, 5) is 11.1. The molecule has 2 bridgehead atoms. The number of benzene rings is 1. The van der Waals surface area contributed by atoms with Crippen molar-refractivity contribution in [3.8, 4) is 0 Å². The van der Waals surface area contributed by atoms with Gasteiger partial charge in [-0.1, -0.05) is 6.42 Å². The van der Waals surface area contributed by atoms with Crippen LogP contribution in [0.25, 0.3) is 0 Å². The van der Waals surface area contributed by atoms with Gasteiger partial charge in [0.2, 0.25) is 0 Å². The SMILES string of the molecule is COC(=O)Nc1ccc(NC2CC3CCC2C3)cc1. The molecule has 2 saturated carbocycles. The van der Waals surface area contributed by atoms with Crippen molar-refractivity contribution in [3.05, 3.63) is 24.3 Å². The quantitative estimate of drug-likeness (QED) is 0.875. The molecule has 0 heterocycles. The molecule has 0 radical (unpaired) electrons. The fourth-order valence-electron chi connectivity index (χ4n) is 3.45. The second-order valence-electron chi connectivity index (χ2n) is 5.62. The average Bonchev–Trinajstić information content (AvgIpc) is 3.03. The lowest BCUT2D eigenvalue weighted by atomic mass is 9.95. The van der Waals surface area contributed by atoms with E-state index in [4.69, 9.17) is 0 Å². The monoisotopic (exact) mass is 260 g/mol. The normalized spacial score (nSPS) is 28.2. The van der Waals surface area contributed by atoms with Crippen molar-refractivity contribution in [1.82, 2.24) is 0 Å². The summed E-state index contributed by atoms with van der Waals surface area (Å²) in [7, 11) is 1.36. The largest absolute Gasteiger partial charge is 0.453 e. The summed E-state index contributed by atoms with van der Waals surface area (Å²) < 4.78 is 4.56. The highest BCUT2D eigenvalue weighted by Gasteiger charge is 2.39. The summed E-state index contributed by atoms with van der Waals surface area (Å²) >= 11 is 0. The van der Waals surface area contributed by atoms with Crippen molar-refractivity contribution in [1.29, 1.82) is 0 Å². The van der Waals surface area contributed by atoms with Crippen molar-refractivity contribution in [2.24, 2.45) is 11.8 Å². The van der Waals surface area contributed by atoms with Gasteiger partial charge in [-0.15, -0.1) is 0 Å². The summed E-state index contributed by atoms with van der Waals surface area (Å²) in [6.07, 6.45) is 5.08. The van der Waals surface area contributed by atoms with Gasteiger partial charge in [-0.25, -0.2) is 4.79 Å². The van der Waals surface area contributed by atoms with E-state index >= 15 is 0 Å². The van der Waals surface area contributed by atoms with Gasteiger partial charge in [0.05, 0.1) is 7.11 Å². The Morgan fingerprint density at radius 2 is 1.89 bits per heavy atom. The Bertz CT molecular complexity index is 458. The minimum atomic E-state index is -0.436. The molecule has 0 aromatic heterocycles. The predicted octanol–water partition coefficient (Wildman–Crippen LogP) is 3.47. The third kappa shape index (κ3) is 2.67. The first-order valence-corrected chi connectivity index (χ1v) is 6.96. The van der Waals surface area contributed by atoms with E-state index in [0.29, 0.717) is 6.04 Å². The highest BCUT2D eigenvalue weighted by Crippen LogP contribution is 2.45. The molecule has 2 aliphatic carbocycles. The van der Waals surface area contributed by atoms with Gasteiger partial charge in [0.1, 0.15) is 0 Å². The number of fused-ring (bicyclic) bond motifs is 2. The van der Waals surface area contributed by atoms with E-state index in [9.17, 15) is 4.79 Å². The Morgan fingerprint density at radius 1 is 1.16 bits per heavy atom. The summed E-state index contributed by atoms with van der Waals surface area (Å²) in [6, 6.07) is 8.45. The second kappa shape index (κ2) is 5.11. The molecule has 19 heavy (non-hydrogen) atoms. The van der Waals surface area contributed by atoms with E-state index in [2.05, 4.69) is 15.4 Å². The zero-order valence-electron chi connectivity index (χ0n) is 11.2. The Kier molecular flexibility index (Phi) is 3.32. The average molecular weight is 260 g/mol. The summed E-state index contributed by atoms with van der Waals surface area (Å²) in [5, 5.41) is 6.27. The van der Waals surface area contributed by atoms with Crippen LogP contribution in [0.15, 0.2) is 24.3 Å². The third-order valence-corrected chi connectivity index (χ3v) is 4.41. The lowest BCUT2D eigenvalue weighted by molar-refractivity contribution is 0.187. The first-order chi connectivity index (χ1) is 9.24. The van der Waals surface area contributed by atoms with Crippen molar-refractivity contribution in [2.75, 3.05) is 17.7 Å². The van der Waals surface area contributed by atoms with Crippen LogP contribution in [0.4, 0.5) is 16.2 Å². The van der Waals surface area contributed by atoms with Crippen molar-refractivity contribution in [2.45, 2.75) is 31.7 Å². The number of nitrogens with one attached hydrogen (secondary N) is 2. The second-order valence-corrected chi connectivity index (χ2v) is 5.62. The number of amides is 1. The van der Waals surface area contributed by atoms with Crippen molar-refractivity contribution >= 4 is 17.5 Å². The van der Waals surface area contributed by atoms with Crippen molar-refractivity contribution < 1.29 is 9.53 Å². The Morgan fingerprint density at radius 3 is 2.47 bits per heavy atom. The lowest BCUT2D eigenvalue weighted by Gasteiger charge is -2.24. The molecule has 3 unspecified atom stereocenters. The van der Waals surface area contributed by atoms with E-state index in [1.165, 1.54) is 32.8 Å². The number of ether oxygens (including phenoxy) is 1. The Hall–Kier alpha value is -1.71. The summed E-state index contributed by atoms with van der Waals surface area (Å²) in [6.45, 7) is 0. The molecular formula is C15H20N2O2. The topological polar surface area (TPSA) is 50.4 Å². The van der Waals surface area contributed by atoms with E-state index in [-0.39, 0.29) is 0 Å². The van der Waals surface area contributed by atoms with Gasteiger partial charge in [0, 0.05) is 17.4 Å². The van der Waals surface area contributed by atoms with E-state index in [0.717, 1.165) is 23.2 Å². The summed E-state index contributed by atoms with van der Waals surface area (Å²) in [5.74, 6) is 1.81. The maximum atomic E-state index is 11.1. The molecule has 102 valence electrons. The van der Waals surface area contributed by atoms with Gasteiger partial charge < -0.3 is 10.1 Å². The number of carbonyl (C=O) groups is 1. The number of anilines is 2. The minimum Gasteiger partial charge on any atom is -0.453 e. The van der Waals surface area contributed by atoms with E-state index in [1.807, 2.05) is 24.3 Å². The molecule has 1 aromatic carbocycles. The molecule has 0 saturated heterocycles. The van der Waals surface area contributed by atoms with Crippen LogP contribution in [0, 0.1) is 11.8 Å². The molecule has 0 aliphatic heterocycles. The van der Waals surface area contributed by atoms with E-state index < -0.39 is 6.09 Å². The van der Waals surface area contributed by atoms with Crippen LogP contribution >= 0.6 is 0 Å². The number of methoxy groups -OCH3 is 1. The van der Waals surface area contributed by atoms with Crippen LogP contribution in [0.5, 0.6) is 0 Å². The van der Waals surface area contributed by atoms with Crippen LogP contribution in [0.1, 0.15) is 25.7 Å². The third-order valence-electron chi connectivity index (χ3n) is 4.41. The highest BCUT2D eigenvalue weighted by molar-refractivity contribution is 5.84. The number of hydrogen-bond acceptors (Lipinski definition) is 3. The molecule has 0 spiro atoms. The Labute approximate surface area is 113 Å². The molecule has 3 rings (SSSR count). The number of rotatable bonds is 3. The molecule has 2 fully saturated rings.